The SMILES string of the molecule is CCC(CC)COC(C)C.CCCC(C)C.CCCC(CC)COC(C)C.CCCCC(C)C.CCCCC(CC)COC(C)C.CCCCCC(C)C.CCCCCCC(C)C.CCCCCCCC(C)C.CCCCCCCCC(C)C.CCCCCCCCOC(C)C.CCCCCCCOC(C)C.CCCCCCOC(C)C.CCCCCOC(C)C.CCCCOC(C)C.CCCOC(C)C.CCOC(C)C. The molecule has 0 N–H and O–H groups in total. The second-order valence-electron chi connectivity index (χ2n) is 47.0. The molecule has 0 aromatic carbocycles. The summed E-state index contributed by atoms with van der Waals surface area (Å²) in [6.07, 6.45) is 80.9. The first-order valence-corrected chi connectivity index (χ1v) is 65.8. The Labute approximate surface area is 941 Å². The molecule has 2 unspecified atom stereocenters. The van der Waals surface area contributed by atoms with E-state index in [-0.39, 0.29) is 0 Å². The van der Waals surface area contributed by atoms with Gasteiger partial charge in [-0.3, -0.25) is 0 Å². The van der Waals surface area contributed by atoms with Gasteiger partial charge < -0.3 is 47.4 Å². The average molecular weight is 2110 g/mol. The van der Waals surface area contributed by atoms with E-state index in [0.717, 1.165) is 126 Å². The third-order valence-corrected chi connectivity index (χ3v) is 23.4. The summed E-state index contributed by atoms with van der Waals surface area (Å²) in [6, 6.07) is 0. The fourth-order valence-corrected chi connectivity index (χ4v) is 13.6. The Kier molecular flexibility index (Phi) is 211. The molecule has 0 aromatic rings. The van der Waals surface area contributed by atoms with Crippen molar-refractivity contribution in [1.82, 2.24) is 0 Å². The third kappa shape index (κ3) is 274. The van der Waals surface area contributed by atoms with E-state index in [2.05, 4.69) is 332 Å². The van der Waals surface area contributed by atoms with E-state index >= 15 is 0 Å². The van der Waals surface area contributed by atoms with E-state index in [0.29, 0.717) is 61.0 Å². The Balaban J connectivity index is -0.0000000893. The fourth-order valence-electron chi connectivity index (χ4n) is 13.6. The van der Waals surface area contributed by atoms with Gasteiger partial charge in [-0.05, 0) is 250 Å². The largest absolute Gasteiger partial charge is 0.379 e. The van der Waals surface area contributed by atoms with Crippen LogP contribution in [0.3, 0.4) is 0 Å². The van der Waals surface area contributed by atoms with Gasteiger partial charge in [0.1, 0.15) is 0 Å². The third-order valence-electron chi connectivity index (χ3n) is 23.4. The normalized spacial score (nSPS) is 11.2. The number of hydrogen-bond donors (Lipinski definition) is 0. The maximum atomic E-state index is 5.59. The maximum Gasteiger partial charge on any atom is 0.0519 e. The van der Waals surface area contributed by atoms with Crippen LogP contribution in [-0.2, 0) is 47.4 Å². The monoisotopic (exact) mass is 2110 g/mol. The molecule has 0 saturated heterocycles. The highest BCUT2D eigenvalue weighted by Crippen LogP contribution is 2.18. The van der Waals surface area contributed by atoms with Crippen LogP contribution in [0.1, 0.15) is 719 Å². The average Bonchev–Trinajstić information content (AvgIpc) is 1.08. The standard InChI is InChI=1S/2C11H24O.C11H24.2C10H22O.C10H22.2C9H20O.C9H20.C8H18O.C8H18.C7H16O.C7H16.C6H14O.C6H14.C5H12O/c1-5-7-8-11(6-2)9-12-10(3)4;1-4-5-6-7-8-9-10-12-11(2)3;1-4-5-6-7-8-9-10-11(2)3;1-5-7-10(6-2)8-11-9(3)4;1-4-5-6-7-8-9-11-10(2)3;1-4-5-6-7-8-9-10(2)3;1-5-9(6-2)7-10-8(3)4;1-4-5-6-7-8-10-9(2)3;1-4-5-6-7-8-9(2)3;1-4-5-6-7-9-8(2)3;1-4-5-6-7-8(2)3;1-4-5-6-8-7(2)3;1-4-5-6-7(2)3;1-4-5-7-6(2)3;1-4-5-6(2)3;1-4-6-5(2)3/h10-11H,5-9H2,1-4H3;11H,4-10H2,1-3H3;11H,4-10H2,1-3H3;9-10H,5-8H2,1-4H3;10H,4-9H2,1-3H3;10H,4-9H2,1-3H3;8-9H,5-7H2,1-4H3;9H,4-8H2,1-3H3;9H,4-8H2,1-3H3;8H,4-7H2,1-3H3;8H,4-7H2,1-3H3;7H,4-6H2,1-3H3;7H,4-6H2,1-3H3;6H,4-5H2,1-3H3;6H,4-5H2,1-3H3;5H,4H2,1-3H3. The zero-order chi connectivity index (χ0) is 116. The van der Waals surface area contributed by atoms with Crippen molar-refractivity contribution in [2.45, 2.75) is 780 Å². The summed E-state index contributed by atoms with van der Waals surface area (Å²) >= 11 is 0. The summed E-state index contributed by atoms with van der Waals surface area (Å²) in [5, 5.41) is 0. The molecule has 0 fully saturated rings. The molecule has 0 spiro atoms. The van der Waals surface area contributed by atoms with Crippen LogP contribution in [0.15, 0.2) is 0 Å². The number of ether oxygens (including phenoxy) is 10. The molecule has 0 aliphatic rings. The molecule has 0 bridgehead atoms. The molecule has 0 radical (unpaired) electrons. The van der Waals surface area contributed by atoms with Crippen LogP contribution in [0.2, 0.25) is 0 Å². The Hall–Kier alpha value is -0.400. The Morgan fingerprint density at radius 3 is 0.483 bits per heavy atom. The van der Waals surface area contributed by atoms with E-state index in [1.165, 1.54) is 360 Å². The number of unbranched alkanes of at least 4 members (excludes halogenated alkanes) is 31. The number of hydrogen-bond acceptors (Lipinski definition) is 10. The van der Waals surface area contributed by atoms with Crippen molar-refractivity contribution in [1.29, 1.82) is 0 Å². The van der Waals surface area contributed by atoms with Crippen molar-refractivity contribution in [2.75, 3.05) is 66.1 Å². The predicted molar refractivity (Wildman–Crippen MR) is 681 cm³/mol. The summed E-state index contributed by atoms with van der Waals surface area (Å²) < 4.78 is 53.7. The van der Waals surface area contributed by atoms with Gasteiger partial charge in [0.2, 0.25) is 0 Å². The van der Waals surface area contributed by atoms with E-state index in [1.54, 1.807) is 0 Å². The van der Waals surface area contributed by atoms with Crippen molar-refractivity contribution >= 4 is 0 Å². The van der Waals surface area contributed by atoms with Crippen LogP contribution in [0, 0.1) is 53.3 Å². The van der Waals surface area contributed by atoms with Gasteiger partial charge in [-0.25, -0.2) is 0 Å². The zero-order valence-electron chi connectivity index (χ0n) is 113. The quantitative estimate of drug-likeness (QED) is 0.0548. The lowest BCUT2D eigenvalue weighted by Gasteiger charge is -2.16. The maximum absolute atomic E-state index is 5.59. The summed E-state index contributed by atoms with van der Waals surface area (Å²) in [7, 11) is 0. The molecule has 147 heavy (non-hydrogen) atoms. The molecule has 2 atom stereocenters. The first-order valence-electron chi connectivity index (χ1n) is 65.8. The van der Waals surface area contributed by atoms with Crippen molar-refractivity contribution in [3.63, 3.8) is 0 Å². The minimum Gasteiger partial charge on any atom is -0.379 e. The minimum absolute atomic E-state index is 0.389. The molecule has 10 heteroatoms. The van der Waals surface area contributed by atoms with Crippen molar-refractivity contribution < 1.29 is 47.4 Å². The smallest absolute Gasteiger partial charge is 0.0519 e. The van der Waals surface area contributed by atoms with E-state index < -0.39 is 0 Å². The summed E-state index contributed by atoms with van der Waals surface area (Å²) in [5.41, 5.74) is 0. The molecule has 0 aliphatic carbocycles. The summed E-state index contributed by atoms with van der Waals surface area (Å²) in [5.74, 6) is 7.75. The van der Waals surface area contributed by atoms with Crippen molar-refractivity contribution in [2.24, 2.45) is 53.3 Å². The van der Waals surface area contributed by atoms with Crippen LogP contribution >= 0.6 is 0 Å². The highest BCUT2D eigenvalue weighted by molar-refractivity contribution is 4.60. The minimum atomic E-state index is 0.389. The van der Waals surface area contributed by atoms with Gasteiger partial charge in [0.05, 0.1) is 61.0 Å². The first-order chi connectivity index (χ1) is 69.6. The van der Waals surface area contributed by atoms with E-state index in [4.69, 9.17) is 47.4 Å². The van der Waals surface area contributed by atoms with E-state index in [9.17, 15) is 0 Å². The predicted octanol–water partition coefficient (Wildman–Crippen LogP) is 48.4. The molecular weight excluding hydrogens is 1810 g/mol. The fraction of sp³-hybridized carbons (Fsp3) is 1.00. The lowest BCUT2D eigenvalue weighted by atomic mass is 10.0. The zero-order valence-corrected chi connectivity index (χ0v) is 113. The summed E-state index contributed by atoms with van der Waals surface area (Å²) in [6.45, 7) is 120. The van der Waals surface area contributed by atoms with Crippen LogP contribution in [0.4, 0.5) is 0 Å². The highest BCUT2D eigenvalue weighted by atomic mass is 16.5. The molecular formula is C137H306O10. The highest BCUT2D eigenvalue weighted by Gasteiger charge is 2.10. The van der Waals surface area contributed by atoms with E-state index in [1.807, 2.05) is 20.8 Å². The molecule has 0 rings (SSSR count). The molecule has 10 nitrogen and oxygen atoms in total. The lowest BCUT2D eigenvalue weighted by Crippen LogP contribution is -2.13. The Morgan fingerprint density at radius 2 is 0.286 bits per heavy atom. The van der Waals surface area contributed by atoms with Gasteiger partial charge in [0, 0.05) is 66.1 Å². The second kappa shape index (κ2) is 171. The first kappa shape index (κ1) is 182. The molecule has 0 heterocycles. The van der Waals surface area contributed by atoms with Crippen LogP contribution in [0.25, 0.3) is 0 Å². The van der Waals surface area contributed by atoms with Crippen LogP contribution in [-0.4, -0.2) is 127 Å². The van der Waals surface area contributed by atoms with Crippen LogP contribution < -0.4 is 0 Å². The van der Waals surface area contributed by atoms with Crippen LogP contribution in [0.5, 0.6) is 0 Å². The lowest BCUT2D eigenvalue weighted by molar-refractivity contribution is 0.0473. The molecule has 0 amide bonds. The van der Waals surface area contributed by atoms with Crippen molar-refractivity contribution in [3.8, 4) is 0 Å². The van der Waals surface area contributed by atoms with Gasteiger partial charge in [-0.2, -0.15) is 0 Å². The second-order valence-corrected chi connectivity index (χ2v) is 47.0. The molecule has 0 saturated carbocycles. The van der Waals surface area contributed by atoms with Gasteiger partial charge in [-0.1, -0.05) is 522 Å². The van der Waals surface area contributed by atoms with Gasteiger partial charge >= 0.3 is 0 Å². The Bertz CT molecular complexity index is 1820. The summed E-state index contributed by atoms with van der Waals surface area (Å²) in [4.78, 5) is 0. The molecule has 0 aromatic heterocycles. The molecule has 914 valence electrons. The van der Waals surface area contributed by atoms with Gasteiger partial charge in [-0.15, -0.1) is 0 Å². The topological polar surface area (TPSA) is 92.3 Å². The number of rotatable bonds is 80. The Morgan fingerprint density at radius 1 is 0.116 bits per heavy atom. The van der Waals surface area contributed by atoms with Crippen molar-refractivity contribution in [3.05, 3.63) is 0 Å². The van der Waals surface area contributed by atoms with Gasteiger partial charge in [0.25, 0.3) is 0 Å². The van der Waals surface area contributed by atoms with Gasteiger partial charge in [0.15, 0.2) is 0 Å². The molecule has 0 aliphatic heterocycles.